The number of carbonyl (C=O) groups excluding carboxylic acids is 1. The molecule has 122 valence electrons. The van der Waals surface area contributed by atoms with E-state index in [0.29, 0.717) is 19.3 Å². The van der Waals surface area contributed by atoms with Crippen LogP contribution in [0.5, 0.6) is 0 Å². The number of carboxylic acid groups (broad SMARTS) is 1. The van der Waals surface area contributed by atoms with Crippen LogP contribution in [0.3, 0.4) is 0 Å². The standard InChI is InChI=1S/C13H24N2O5S/c1-13(2,3)14-11(16)8-15(4)21(19,20)10-7-5-6-9(10)12(17)18/h9-10H,5-8H2,1-4H3,(H,14,16)(H,17,18). The Morgan fingerprint density at radius 2 is 1.86 bits per heavy atom. The van der Waals surface area contributed by atoms with Crippen molar-refractivity contribution in [3.05, 3.63) is 0 Å². The molecule has 2 atom stereocenters. The van der Waals surface area contributed by atoms with Gasteiger partial charge in [-0.1, -0.05) is 6.42 Å². The molecule has 0 aliphatic heterocycles. The van der Waals surface area contributed by atoms with Crippen LogP contribution >= 0.6 is 0 Å². The predicted molar refractivity (Wildman–Crippen MR) is 78.2 cm³/mol. The van der Waals surface area contributed by atoms with Crippen molar-refractivity contribution in [3.8, 4) is 0 Å². The molecule has 1 saturated carbocycles. The molecule has 0 saturated heterocycles. The Labute approximate surface area is 125 Å². The summed E-state index contributed by atoms with van der Waals surface area (Å²) in [6.07, 6.45) is 1.26. The van der Waals surface area contributed by atoms with Gasteiger partial charge in [-0.2, -0.15) is 4.31 Å². The van der Waals surface area contributed by atoms with E-state index < -0.39 is 38.6 Å². The number of nitrogens with zero attached hydrogens (tertiary/aromatic N) is 1. The van der Waals surface area contributed by atoms with E-state index in [1.807, 2.05) is 0 Å². The quantitative estimate of drug-likeness (QED) is 0.764. The van der Waals surface area contributed by atoms with Crippen LogP contribution in [-0.4, -0.2) is 54.1 Å². The zero-order chi connectivity index (χ0) is 16.4. The molecule has 1 fully saturated rings. The topological polar surface area (TPSA) is 104 Å². The third kappa shape index (κ3) is 4.67. The van der Waals surface area contributed by atoms with E-state index in [0.717, 1.165) is 4.31 Å². The molecule has 1 aliphatic carbocycles. The van der Waals surface area contributed by atoms with E-state index in [4.69, 9.17) is 5.11 Å². The van der Waals surface area contributed by atoms with Gasteiger partial charge in [-0.15, -0.1) is 0 Å². The lowest BCUT2D eigenvalue weighted by atomic mass is 10.1. The van der Waals surface area contributed by atoms with Crippen LogP contribution in [0.1, 0.15) is 40.0 Å². The zero-order valence-electron chi connectivity index (χ0n) is 12.9. The minimum Gasteiger partial charge on any atom is -0.481 e. The Balaban J connectivity index is 2.78. The van der Waals surface area contributed by atoms with Crippen molar-refractivity contribution in [2.24, 2.45) is 5.92 Å². The van der Waals surface area contributed by atoms with E-state index in [1.54, 1.807) is 20.8 Å². The van der Waals surface area contributed by atoms with Gasteiger partial charge in [0, 0.05) is 12.6 Å². The Morgan fingerprint density at radius 1 is 1.29 bits per heavy atom. The average molecular weight is 320 g/mol. The Hall–Kier alpha value is -1.15. The van der Waals surface area contributed by atoms with Crippen LogP contribution in [0.2, 0.25) is 0 Å². The van der Waals surface area contributed by atoms with Crippen LogP contribution in [0, 0.1) is 5.92 Å². The lowest BCUT2D eigenvalue weighted by Gasteiger charge is -2.26. The van der Waals surface area contributed by atoms with E-state index in [2.05, 4.69) is 5.32 Å². The van der Waals surface area contributed by atoms with Gasteiger partial charge in [-0.3, -0.25) is 9.59 Å². The average Bonchev–Trinajstić information content (AvgIpc) is 2.75. The highest BCUT2D eigenvalue weighted by Crippen LogP contribution is 2.32. The molecule has 0 aromatic heterocycles. The van der Waals surface area contributed by atoms with Gasteiger partial charge in [0.1, 0.15) is 0 Å². The fraction of sp³-hybridized carbons (Fsp3) is 0.846. The van der Waals surface area contributed by atoms with E-state index >= 15 is 0 Å². The van der Waals surface area contributed by atoms with Crippen molar-refractivity contribution in [2.75, 3.05) is 13.6 Å². The summed E-state index contributed by atoms with van der Waals surface area (Å²) in [5.74, 6) is -2.38. The van der Waals surface area contributed by atoms with Crippen molar-refractivity contribution < 1.29 is 23.1 Å². The molecule has 1 amide bonds. The number of sulfonamides is 1. The molecule has 0 aromatic carbocycles. The Kier molecular flexibility index (Phi) is 5.38. The third-order valence-corrected chi connectivity index (χ3v) is 5.79. The van der Waals surface area contributed by atoms with Crippen molar-refractivity contribution in [2.45, 2.75) is 50.8 Å². The van der Waals surface area contributed by atoms with Crippen LogP contribution in [0.25, 0.3) is 0 Å². The maximum atomic E-state index is 12.4. The second-order valence-corrected chi connectivity index (χ2v) is 8.77. The first-order valence-corrected chi connectivity index (χ1v) is 8.44. The van der Waals surface area contributed by atoms with Crippen LogP contribution in [0.4, 0.5) is 0 Å². The molecule has 8 heteroatoms. The van der Waals surface area contributed by atoms with Crippen molar-refractivity contribution in [1.82, 2.24) is 9.62 Å². The molecule has 0 aromatic rings. The van der Waals surface area contributed by atoms with Crippen LogP contribution in [-0.2, 0) is 19.6 Å². The SMILES string of the molecule is CN(CC(=O)NC(C)(C)C)S(=O)(=O)C1CCCC1C(=O)O. The molecule has 7 nitrogen and oxygen atoms in total. The largest absolute Gasteiger partial charge is 0.481 e. The normalized spacial score (nSPS) is 23.3. The summed E-state index contributed by atoms with van der Waals surface area (Å²) < 4.78 is 25.8. The molecule has 2 unspecified atom stereocenters. The van der Waals surface area contributed by atoms with Gasteiger partial charge < -0.3 is 10.4 Å². The van der Waals surface area contributed by atoms with Gasteiger partial charge in [0.25, 0.3) is 0 Å². The lowest BCUT2D eigenvalue weighted by Crippen LogP contribution is -2.48. The van der Waals surface area contributed by atoms with Gasteiger partial charge in [-0.05, 0) is 33.6 Å². The van der Waals surface area contributed by atoms with Gasteiger partial charge in [0.2, 0.25) is 15.9 Å². The second kappa shape index (κ2) is 6.31. The maximum absolute atomic E-state index is 12.4. The number of hydrogen-bond donors (Lipinski definition) is 2. The molecule has 2 N–H and O–H groups in total. The molecule has 0 bridgehead atoms. The second-order valence-electron chi connectivity index (χ2n) is 6.51. The van der Waals surface area contributed by atoms with E-state index in [1.165, 1.54) is 7.05 Å². The Bertz CT molecular complexity index is 509. The first-order valence-electron chi connectivity index (χ1n) is 6.94. The van der Waals surface area contributed by atoms with Crippen molar-refractivity contribution in [3.63, 3.8) is 0 Å². The minimum atomic E-state index is -3.79. The first kappa shape index (κ1) is 17.9. The smallest absolute Gasteiger partial charge is 0.307 e. The lowest BCUT2D eigenvalue weighted by molar-refractivity contribution is -0.141. The summed E-state index contributed by atoms with van der Waals surface area (Å²) in [5, 5.41) is 10.8. The van der Waals surface area contributed by atoms with E-state index in [9.17, 15) is 18.0 Å². The Morgan fingerprint density at radius 3 is 2.33 bits per heavy atom. The molecule has 0 heterocycles. The monoisotopic (exact) mass is 320 g/mol. The number of likely N-dealkylation sites (N-methyl/N-ethyl adjacent to an activating group) is 1. The number of nitrogens with one attached hydrogen (secondary N) is 1. The number of carbonyl (C=O) groups is 2. The number of hydrogen-bond acceptors (Lipinski definition) is 4. The van der Waals surface area contributed by atoms with Crippen LogP contribution < -0.4 is 5.32 Å². The number of rotatable bonds is 5. The van der Waals surface area contributed by atoms with Gasteiger partial charge in [0.05, 0.1) is 17.7 Å². The summed E-state index contributed by atoms with van der Waals surface area (Å²) >= 11 is 0. The highest BCUT2D eigenvalue weighted by Gasteiger charge is 2.43. The molecule has 0 spiro atoms. The summed E-state index contributed by atoms with van der Waals surface area (Å²) in [5.41, 5.74) is -0.446. The van der Waals surface area contributed by atoms with Crippen molar-refractivity contribution in [1.29, 1.82) is 0 Å². The zero-order valence-corrected chi connectivity index (χ0v) is 13.7. The van der Waals surface area contributed by atoms with Gasteiger partial charge in [-0.25, -0.2) is 8.42 Å². The van der Waals surface area contributed by atoms with E-state index in [-0.39, 0.29) is 6.54 Å². The summed E-state index contributed by atoms with van der Waals surface area (Å²) in [4.78, 5) is 22.9. The summed E-state index contributed by atoms with van der Waals surface area (Å²) in [7, 11) is -2.48. The number of aliphatic carboxylic acids is 1. The fourth-order valence-corrected chi connectivity index (χ4v) is 4.44. The number of amides is 1. The molecular weight excluding hydrogens is 296 g/mol. The molecule has 1 aliphatic rings. The highest BCUT2D eigenvalue weighted by molar-refractivity contribution is 7.89. The predicted octanol–water partition coefficient (Wildman–Crippen LogP) is 0.416. The first-order chi connectivity index (χ1) is 9.45. The van der Waals surface area contributed by atoms with Gasteiger partial charge >= 0.3 is 5.97 Å². The highest BCUT2D eigenvalue weighted by atomic mass is 32.2. The molecule has 1 rings (SSSR count). The van der Waals surface area contributed by atoms with Crippen LogP contribution in [0.15, 0.2) is 0 Å². The molecule has 0 radical (unpaired) electrons. The fourth-order valence-electron chi connectivity index (χ4n) is 2.55. The molecule has 21 heavy (non-hydrogen) atoms. The number of carboxylic acids is 1. The van der Waals surface area contributed by atoms with Crippen molar-refractivity contribution >= 4 is 21.9 Å². The maximum Gasteiger partial charge on any atom is 0.307 e. The summed E-state index contributed by atoms with van der Waals surface area (Å²) in [6.45, 7) is 5.10. The van der Waals surface area contributed by atoms with Gasteiger partial charge in [0.15, 0.2) is 0 Å². The molecular formula is C13H24N2O5S. The minimum absolute atomic E-state index is 0.303. The third-order valence-electron chi connectivity index (χ3n) is 3.47. The summed E-state index contributed by atoms with van der Waals surface area (Å²) in [6, 6.07) is 0.